The van der Waals surface area contributed by atoms with Gasteiger partial charge in [0.1, 0.15) is 11.5 Å². The maximum atomic E-state index is 11.7. The van der Waals surface area contributed by atoms with Gasteiger partial charge in [-0.05, 0) is 43.3 Å². The van der Waals surface area contributed by atoms with Gasteiger partial charge in [-0.3, -0.25) is 0 Å². The third-order valence-electron chi connectivity index (χ3n) is 2.43. The molecule has 5 nitrogen and oxygen atoms in total. The summed E-state index contributed by atoms with van der Waals surface area (Å²) in [5.74, 6) is 0.0627. The molecule has 0 unspecified atom stereocenters. The minimum absolute atomic E-state index is 0.134. The number of furan rings is 1. The van der Waals surface area contributed by atoms with Crippen molar-refractivity contribution in [3.8, 4) is 5.75 Å². The highest BCUT2D eigenvalue weighted by molar-refractivity contribution is 5.90. The molecule has 0 fully saturated rings. The smallest absolute Gasteiger partial charge is 0.379 e. The fourth-order valence-corrected chi connectivity index (χ4v) is 1.48. The number of aryl methyl sites for hydroxylation is 1. The summed E-state index contributed by atoms with van der Waals surface area (Å²) >= 11 is 0. The molecule has 2 rings (SSSR count). The molecule has 0 bridgehead atoms. The van der Waals surface area contributed by atoms with E-state index in [0.717, 1.165) is 0 Å². The van der Waals surface area contributed by atoms with Gasteiger partial charge in [0, 0.05) is 0 Å². The van der Waals surface area contributed by atoms with Gasteiger partial charge in [0.15, 0.2) is 0 Å². The molecule has 0 saturated heterocycles. The standard InChI is InChI=1S/C14H12O5/c1-9-3-8-12(18-9)14(16)19-11-6-4-10(5-7-11)13(15)17-2/h3-8H,1-2H3. The van der Waals surface area contributed by atoms with E-state index in [0.29, 0.717) is 17.1 Å². The molecule has 0 aliphatic rings. The molecule has 0 aliphatic heterocycles. The Bertz CT molecular complexity index is 595. The van der Waals surface area contributed by atoms with Crippen molar-refractivity contribution in [2.75, 3.05) is 7.11 Å². The van der Waals surface area contributed by atoms with Gasteiger partial charge in [-0.1, -0.05) is 0 Å². The van der Waals surface area contributed by atoms with Crippen LogP contribution in [0.4, 0.5) is 0 Å². The molecule has 1 aromatic heterocycles. The third kappa shape index (κ3) is 3.01. The lowest BCUT2D eigenvalue weighted by atomic mass is 10.2. The van der Waals surface area contributed by atoms with Gasteiger partial charge >= 0.3 is 11.9 Å². The van der Waals surface area contributed by atoms with Crippen LogP contribution in [0.5, 0.6) is 5.75 Å². The predicted molar refractivity (Wildman–Crippen MR) is 66.2 cm³/mol. The largest absolute Gasteiger partial charge is 0.465 e. The Balaban J connectivity index is 2.07. The first kappa shape index (κ1) is 12.9. The van der Waals surface area contributed by atoms with E-state index in [9.17, 15) is 9.59 Å². The number of ether oxygens (including phenoxy) is 2. The summed E-state index contributed by atoms with van der Waals surface area (Å²) < 4.78 is 14.8. The van der Waals surface area contributed by atoms with E-state index in [1.165, 1.54) is 31.4 Å². The average molecular weight is 260 g/mol. The molecular weight excluding hydrogens is 248 g/mol. The molecule has 1 aromatic carbocycles. The van der Waals surface area contributed by atoms with Gasteiger partial charge in [0.25, 0.3) is 0 Å². The monoisotopic (exact) mass is 260 g/mol. The number of carbonyl (C=O) groups excluding carboxylic acids is 2. The average Bonchev–Trinajstić information content (AvgIpc) is 2.85. The molecule has 0 N–H and O–H groups in total. The number of esters is 2. The Kier molecular flexibility index (Phi) is 3.66. The molecule has 0 radical (unpaired) electrons. The number of methoxy groups -OCH3 is 1. The van der Waals surface area contributed by atoms with E-state index in [1.54, 1.807) is 19.1 Å². The van der Waals surface area contributed by atoms with Crippen LogP contribution in [0.3, 0.4) is 0 Å². The SMILES string of the molecule is COC(=O)c1ccc(OC(=O)c2ccc(C)o2)cc1. The topological polar surface area (TPSA) is 65.7 Å². The van der Waals surface area contributed by atoms with Gasteiger partial charge in [-0.25, -0.2) is 9.59 Å². The Labute approximate surface area is 109 Å². The summed E-state index contributed by atoms with van der Waals surface area (Å²) in [5.41, 5.74) is 0.385. The molecule has 5 heteroatoms. The highest BCUT2D eigenvalue weighted by Gasteiger charge is 2.13. The Morgan fingerprint density at radius 1 is 1.00 bits per heavy atom. The molecular formula is C14H12O5. The van der Waals surface area contributed by atoms with Crippen molar-refractivity contribution >= 4 is 11.9 Å². The van der Waals surface area contributed by atoms with Crippen molar-refractivity contribution in [3.63, 3.8) is 0 Å². The van der Waals surface area contributed by atoms with Crippen LogP contribution >= 0.6 is 0 Å². The normalized spacial score (nSPS) is 10.0. The molecule has 19 heavy (non-hydrogen) atoms. The number of benzene rings is 1. The summed E-state index contributed by atoms with van der Waals surface area (Å²) in [4.78, 5) is 22.9. The lowest BCUT2D eigenvalue weighted by molar-refractivity contribution is 0.0600. The first-order chi connectivity index (χ1) is 9.10. The molecule has 2 aromatic rings. The van der Waals surface area contributed by atoms with Crippen molar-refractivity contribution < 1.29 is 23.5 Å². The van der Waals surface area contributed by atoms with Crippen LogP contribution < -0.4 is 4.74 Å². The van der Waals surface area contributed by atoms with E-state index >= 15 is 0 Å². The number of carbonyl (C=O) groups is 2. The number of hydrogen-bond acceptors (Lipinski definition) is 5. The first-order valence-corrected chi connectivity index (χ1v) is 5.57. The molecule has 98 valence electrons. The second kappa shape index (κ2) is 5.39. The summed E-state index contributed by atoms with van der Waals surface area (Å²) in [5, 5.41) is 0. The fraction of sp³-hybridized carbons (Fsp3) is 0.143. The first-order valence-electron chi connectivity index (χ1n) is 5.57. The van der Waals surface area contributed by atoms with E-state index in [1.807, 2.05) is 0 Å². The summed E-state index contributed by atoms with van der Waals surface area (Å²) in [6.45, 7) is 1.74. The Morgan fingerprint density at radius 2 is 1.68 bits per heavy atom. The van der Waals surface area contributed by atoms with Crippen LogP contribution in [-0.2, 0) is 4.74 Å². The van der Waals surface area contributed by atoms with Crippen LogP contribution in [0.1, 0.15) is 26.7 Å². The van der Waals surface area contributed by atoms with Gasteiger partial charge in [-0.15, -0.1) is 0 Å². The Morgan fingerprint density at radius 3 is 2.21 bits per heavy atom. The van der Waals surface area contributed by atoms with E-state index in [2.05, 4.69) is 4.74 Å². The fourth-order valence-electron chi connectivity index (χ4n) is 1.48. The zero-order valence-electron chi connectivity index (χ0n) is 10.5. The molecule has 0 aliphatic carbocycles. The van der Waals surface area contributed by atoms with Crippen LogP contribution in [0.2, 0.25) is 0 Å². The Hall–Kier alpha value is -2.56. The summed E-state index contributed by atoms with van der Waals surface area (Å²) in [7, 11) is 1.30. The van der Waals surface area contributed by atoms with Crippen molar-refractivity contribution in [1.29, 1.82) is 0 Å². The third-order valence-corrected chi connectivity index (χ3v) is 2.43. The second-order valence-electron chi connectivity index (χ2n) is 3.82. The zero-order chi connectivity index (χ0) is 13.8. The maximum absolute atomic E-state index is 11.7. The van der Waals surface area contributed by atoms with E-state index < -0.39 is 11.9 Å². The lowest BCUT2D eigenvalue weighted by Gasteiger charge is -2.03. The van der Waals surface area contributed by atoms with Crippen molar-refractivity contribution in [2.24, 2.45) is 0 Å². The van der Waals surface area contributed by atoms with Gasteiger partial charge in [-0.2, -0.15) is 0 Å². The number of rotatable bonds is 3. The molecule has 0 atom stereocenters. The molecule has 0 saturated carbocycles. The molecule has 0 spiro atoms. The highest BCUT2D eigenvalue weighted by Crippen LogP contribution is 2.15. The predicted octanol–water partition coefficient (Wildman–Crippen LogP) is 2.59. The van der Waals surface area contributed by atoms with Crippen LogP contribution in [0.15, 0.2) is 40.8 Å². The number of hydrogen-bond donors (Lipinski definition) is 0. The minimum Gasteiger partial charge on any atom is -0.465 e. The van der Waals surface area contributed by atoms with Crippen LogP contribution in [0.25, 0.3) is 0 Å². The highest BCUT2D eigenvalue weighted by atomic mass is 16.5. The quantitative estimate of drug-likeness (QED) is 0.626. The van der Waals surface area contributed by atoms with Crippen molar-refractivity contribution in [3.05, 3.63) is 53.5 Å². The van der Waals surface area contributed by atoms with Gasteiger partial charge in [0.05, 0.1) is 12.7 Å². The summed E-state index contributed by atoms with van der Waals surface area (Å²) in [6, 6.07) is 9.28. The minimum atomic E-state index is -0.584. The van der Waals surface area contributed by atoms with E-state index in [-0.39, 0.29) is 5.76 Å². The van der Waals surface area contributed by atoms with Gasteiger partial charge in [0.2, 0.25) is 5.76 Å². The molecule has 0 amide bonds. The van der Waals surface area contributed by atoms with E-state index in [4.69, 9.17) is 9.15 Å². The van der Waals surface area contributed by atoms with Crippen LogP contribution in [0, 0.1) is 6.92 Å². The summed E-state index contributed by atoms with van der Waals surface area (Å²) in [6.07, 6.45) is 0. The second-order valence-corrected chi connectivity index (χ2v) is 3.82. The molecule has 1 heterocycles. The maximum Gasteiger partial charge on any atom is 0.379 e. The van der Waals surface area contributed by atoms with Crippen molar-refractivity contribution in [2.45, 2.75) is 6.92 Å². The zero-order valence-corrected chi connectivity index (χ0v) is 10.5. The van der Waals surface area contributed by atoms with Gasteiger partial charge < -0.3 is 13.9 Å². The lowest BCUT2D eigenvalue weighted by Crippen LogP contribution is -2.07. The van der Waals surface area contributed by atoms with Crippen molar-refractivity contribution in [1.82, 2.24) is 0 Å². The van der Waals surface area contributed by atoms with Crippen LogP contribution in [-0.4, -0.2) is 19.0 Å².